The Morgan fingerprint density at radius 2 is 1.86 bits per heavy atom. The maximum Gasteiger partial charge on any atom is 0.289 e. The standard InChI is InChI=1S/C25H18ClF2N5O2/c26-17-10-16-7-13(2-4-19(16)31-12-17)9-20-33-21(23(27)28)22(35-20)25(34)32-11-14-1-3-18-15(8-14)5-6-30-24(18)29/h1-8,10,12,23H,9,11H2,(H2,29,30)(H,32,34). The van der Waals surface area contributed by atoms with E-state index in [1.54, 1.807) is 48.8 Å². The number of nitrogen functional groups attached to an aromatic ring is 1. The topological polar surface area (TPSA) is 107 Å². The van der Waals surface area contributed by atoms with Gasteiger partial charge in [0.2, 0.25) is 5.76 Å². The fourth-order valence-electron chi connectivity index (χ4n) is 3.83. The molecule has 3 N–H and O–H groups in total. The van der Waals surface area contributed by atoms with Crippen LogP contribution in [0.15, 0.2) is 65.3 Å². The second-order valence-corrected chi connectivity index (χ2v) is 8.35. The highest BCUT2D eigenvalue weighted by Gasteiger charge is 2.26. The van der Waals surface area contributed by atoms with Crippen LogP contribution in [0, 0.1) is 0 Å². The Kier molecular flexibility index (Phi) is 6.00. The van der Waals surface area contributed by atoms with Gasteiger partial charge in [-0.3, -0.25) is 9.78 Å². The molecule has 0 radical (unpaired) electrons. The average molecular weight is 494 g/mol. The van der Waals surface area contributed by atoms with E-state index in [4.69, 9.17) is 21.8 Å². The first kappa shape index (κ1) is 22.7. The monoisotopic (exact) mass is 493 g/mol. The first-order valence-electron chi connectivity index (χ1n) is 10.6. The van der Waals surface area contributed by atoms with Crippen molar-refractivity contribution in [3.8, 4) is 0 Å². The molecule has 3 heterocycles. The van der Waals surface area contributed by atoms with Crippen molar-refractivity contribution in [2.24, 2.45) is 0 Å². The Morgan fingerprint density at radius 3 is 2.69 bits per heavy atom. The number of pyridine rings is 2. The molecule has 0 aliphatic heterocycles. The largest absolute Gasteiger partial charge is 0.435 e. The van der Waals surface area contributed by atoms with Crippen LogP contribution in [0.3, 0.4) is 0 Å². The SMILES string of the molecule is Nc1nccc2cc(CNC(=O)c3oc(Cc4ccc5ncc(Cl)cc5c4)nc3C(F)F)ccc12. The second kappa shape index (κ2) is 9.27. The van der Waals surface area contributed by atoms with Gasteiger partial charge in [0.15, 0.2) is 11.6 Å². The third-order valence-corrected chi connectivity index (χ3v) is 5.70. The molecular formula is C25H18ClF2N5O2. The number of nitrogens with one attached hydrogen (secondary N) is 1. The zero-order valence-corrected chi connectivity index (χ0v) is 18.9. The molecule has 176 valence electrons. The van der Waals surface area contributed by atoms with Gasteiger partial charge < -0.3 is 15.5 Å². The predicted molar refractivity (Wildman–Crippen MR) is 128 cm³/mol. The molecule has 2 aromatic carbocycles. The number of carbonyl (C=O) groups is 1. The van der Waals surface area contributed by atoms with E-state index in [1.165, 1.54) is 0 Å². The quantitative estimate of drug-likeness (QED) is 0.325. The van der Waals surface area contributed by atoms with E-state index < -0.39 is 23.8 Å². The molecule has 5 aromatic rings. The van der Waals surface area contributed by atoms with Crippen LogP contribution in [0.2, 0.25) is 5.02 Å². The number of alkyl halides is 2. The van der Waals surface area contributed by atoms with Crippen LogP contribution in [-0.2, 0) is 13.0 Å². The van der Waals surface area contributed by atoms with E-state index in [-0.39, 0.29) is 18.9 Å². The molecule has 0 saturated carbocycles. The third kappa shape index (κ3) is 4.76. The zero-order valence-electron chi connectivity index (χ0n) is 18.1. The van der Waals surface area contributed by atoms with E-state index in [9.17, 15) is 13.6 Å². The van der Waals surface area contributed by atoms with Crippen LogP contribution >= 0.6 is 11.6 Å². The van der Waals surface area contributed by atoms with Crippen molar-refractivity contribution in [1.29, 1.82) is 0 Å². The summed E-state index contributed by atoms with van der Waals surface area (Å²) in [5.41, 5.74) is 7.42. The summed E-state index contributed by atoms with van der Waals surface area (Å²) >= 11 is 6.01. The number of hydrogen-bond acceptors (Lipinski definition) is 6. The molecule has 0 fully saturated rings. The van der Waals surface area contributed by atoms with Gasteiger partial charge >= 0.3 is 0 Å². The number of rotatable bonds is 6. The maximum absolute atomic E-state index is 13.6. The molecule has 0 aliphatic rings. The Balaban J connectivity index is 1.35. The molecule has 1 amide bonds. The van der Waals surface area contributed by atoms with Crippen LogP contribution in [0.1, 0.15) is 39.7 Å². The molecule has 7 nitrogen and oxygen atoms in total. The normalized spacial score (nSPS) is 11.4. The predicted octanol–water partition coefficient (Wildman–Crippen LogP) is 5.47. The van der Waals surface area contributed by atoms with E-state index in [0.717, 1.165) is 32.8 Å². The summed E-state index contributed by atoms with van der Waals surface area (Å²) in [6, 6.07) is 14.4. The molecule has 5 rings (SSSR count). The molecule has 10 heteroatoms. The first-order chi connectivity index (χ1) is 16.9. The second-order valence-electron chi connectivity index (χ2n) is 7.91. The molecule has 3 aromatic heterocycles. The number of carbonyl (C=O) groups excluding carboxylic acids is 1. The zero-order chi connectivity index (χ0) is 24.5. The van der Waals surface area contributed by atoms with Crippen LogP contribution in [0.4, 0.5) is 14.6 Å². The van der Waals surface area contributed by atoms with E-state index >= 15 is 0 Å². The molecule has 0 bridgehead atoms. The van der Waals surface area contributed by atoms with Crippen molar-refractivity contribution in [2.45, 2.75) is 19.4 Å². The van der Waals surface area contributed by atoms with Gasteiger partial charge in [-0.25, -0.2) is 18.7 Å². The lowest BCUT2D eigenvalue weighted by atomic mass is 10.1. The Hall–Kier alpha value is -4.11. The van der Waals surface area contributed by atoms with Gasteiger partial charge in [-0.1, -0.05) is 29.8 Å². The van der Waals surface area contributed by atoms with Gasteiger partial charge in [-0.2, -0.15) is 0 Å². The Morgan fingerprint density at radius 1 is 1.06 bits per heavy atom. The Bertz CT molecular complexity index is 1570. The number of hydrogen-bond donors (Lipinski definition) is 2. The molecule has 0 spiro atoms. The summed E-state index contributed by atoms with van der Waals surface area (Å²) in [4.78, 5) is 24.9. The summed E-state index contributed by atoms with van der Waals surface area (Å²) in [6.45, 7) is 0.105. The van der Waals surface area contributed by atoms with Gasteiger partial charge in [-0.05, 0) is 46.8 Å². The van der Waals surface area contributed by atoms with Crippen molar-refractivity contribution in [2.75, 3.05) is 5.73 Å². The lowest BCUT2D eigenvalue weighted by Crippen LogP contribution is -2.23. The summed E-state index contributed by atoms with van der Waals surface area (Å²) in [7, 11) is 0. The van der Waals surface area contributed by atoms with Crippen LogP contribution in [-0.4, -0.2) is 20.9 Å². The van der Waals surface area contributed by atoms with Crippen LogP contribution in [0.25, 0.3) is 21.7 Å². The molecule has 0 unspecified atom stereocenters. The summed E-state index contributed by atoms with van der Waals surface area (Å²) in [6.07, 6.45) is 0.285. The minimum Gasteiger partial charge on any atom is -0.435 e. The Labute approximate surface area is 203 Å². The number of aromatic nitrogens is 3. The number of nitrogens with zero attached hydrogens (tertiary/aromatic N) is 3. The molecule has 0 aliphatic carbocycles. The van der Waals surface area contributed by atoms with E-state index in [1.807, 2.05) is 12.1 Å². The third-order valence-electron chi connectivity index (χ3n) is 5.49. The minimum atomic E-state index is -2.97. The number of amides is 1. The fourth-order valence-corrected chi connectivity index (χ4v) is 3.99. The highest BCUT2D eigenvalue weighted by molar-refractivity contribution is 6.31. The van der Waals surface area contributed by atoms with Gasteiger partial charge in [0, 0.05) is 36.1 Å². The van der Waals surface area contributed by atoms with Gasteiger partial charge in [0.1, 0.15) is 5.82 Å². The van der Waals surface area contributed by atoms with E-state index in [0.29, 0.717) is 10.8 Å². The summed E-state index contributed by atoms with van der Waals surface area (Å²) < 4.78 is 32.7. The fraction of sp³-hybridized carbons (Fsp3) is 0.120. The number of nitrogens with two attached hydrogens (primary N) is 1. The minimum absolute atomic E-state index is 0.00784. The van der Waals surface area contributed by atoms with Gasteiger partial charge in [-0.15, -0.1) is 0 Å². The molecule has 0 saturated heterocycles. The highest BCUT2D eigenvalue weighted by Crippen LogP contribution is 2.26. The number of halogens is 3. The van der Waals surface area contributed by atoms with Crippen molar-refractivity contribution >= 4 is 45.0 Å². The molecule has 35 heavy (non-hydrogen) atoms. The van der Waals surface area contributed by atoms with Gasteiger partial charge in [0.25, 0.3) is 12.3 Å². The molecular weight excluding hydrogens is 476 g/mol. The number of oxazole rings is 1. The van der Waals surface area contributed by atoms with Gasteiger partial charge in [0.05, 0.1) is 10.5 Å². The van der Waals surface area contributed by atoms with Crippen LogP contribution < -0.4 is 11.1 Å². The van der Waals surface area contributed by atoms with Crippen LogP contribution in [0.5, 0.6) is 0 Å². The lowest BCUT2D eigenvalue weighted by Gasteiger charge is -2.07. The smallest absolute Gasteiger partial charge is 0.289 e. The summed E-state index contributed by atoms with van der Waals surface area (Å²) in [5, 5.41) is 5.54. The van der Waals surface area contributed by atoms with Crippen molar-refractivity contribution in [3.63, 3.8) is 0 Å². The van der Waals surface area contributed by atoms with Crippen molar-refractivity contribution < 1.29 is 18.0 Å². The number of anilines is 1. The lowest BCUT2D eigenvalue weighted by molar-refractivity contribution is 0.0903. The van der Waals surface area contributed by atoms with Crippen molar-refractivity contribution in [1.82, 2.24) is 20.3 Å². The number of benzene rings is 2. The maximum atomic E-state index is 13.6. The number of fused-ring (bicyclic) bond motifs is 2. The molecule has 0 atom stereocenters. The summed E-state index contributed by atoms with van der Waals surface area (Å²) in [5.74, 6) is -0.870. The van der Waals surface area contributed by atoms with E-state index in [2.05, 4.69) is 20.3 Å². The highest BCUT2D eigenvalue weighted by atomic mass is 35.5. The van der Waals surface area contributed by atoms with Crippen molar-refractivity contribution in [3.05, 3.63) is 94.4 Å². The average Bonchev–Trinajstić information content (AvgIpc) is 3.26. The first-order valence-corrected chi connectivity index (χ1v) is 11.0.